The molecule has 0 spiro atoms. The second-order valence-corrected chi connectivity index (χ2v) is 3.23. The predicted octanol–water partition coefficient (Wildman–Crippen LogP) is 3.30. The summed E-state index contributed by atoms with van der Waals surface area (Å²) in [4.78, 5) is 0. The van der Waals surface area contributed by atoms with E-state index >= 15 is 0 Å². The Hall–Kier alpha value is 0.400. The van der Waals surface area contributed by atoms with Crippen LogP contribution in [0.4, 0.5) is 4.39 Å². The van der Waals surface area contributed by atoms with Gasteiger partial charge in [0.15, 0.2) is 5.13 Å². The Bertz CT molecular complexity index is 178. The molecule has 44 valence electrons. The molecule has 0 saturated heterocycles. The van der Waals surface area contributed by atoms with Crippen molar-refractivity contribution in [3.05, 3.63) is 20.0 Å². The van der Waals surface area contributed by atoms with Crippen molar-refractivity contribution in [3.8, 4) is 0 Å². The van der Waals surface area contributed by atoms with Gasteiger partial charge in [-0.05, 0) is 15.9 Å². The van der Waals surface area contributed by atoms with Crippen LogP contribution in [0.25, 0.3) is 0 Å². The predicted molar refractivity (Wildman–Crippen MR) is 37.0 cm³/mol. The average molecular weight is 215 g/mol. The van der Waals surface area contributed by atoms with Crippen LogP contribution in [0.5, 0.6) is 0 Å². The molecule has 1 rings (SSSR count). The lowest BCUT2D eigenvalue weighted by Gasteiger charge is -1.78. The van der Waals surface area contributed by atoms with E-state index in [1.165, 1.54) is 0 Å². The highest BCUT2D eigenvalue weighted by Gasteiger charge is 2.04. The Balaban J connectivity index is 3.19. The summed E-state index contributed by atoms with van der Waals surface area (Å²) in [6, 6.07) is 0. The van der Waals surface area contributed by atoms with Gasteiger partial charge >= 0.3 is 0 Å². The van der Waals surface area contributed by atoms with Gasteiger partial charge in [0.2, 0.25) is 0 Å². The largest absolute Gasteiger partial charge is 0.196 e. The Labute approximate surface area is 63.4 Å². The Morgan fingerprint density at radius 1 is 1.75 bits per heavy atom. The van der Waals surface area contributed by atoms with Gasteiger partial charge in [0.05, 0.1) is 0 Å². The molecule has 0 bridgehead atoms. The van der Waals surface area contributed by atoms with E-state index in [1.807, 2.05) is 0 Å². The number of hydrogen-bond donors (Lipinski definition) is 0. The quantitative estimate of drug-likeness (QED) is 0.623. The summed E-state index contributed by atoms with van der Waals surface area (Å²) in [5.41, 5.74) is 0. The molecule has 4 heteroatoms. The monoisotopic (exact) mass is 214 g/mol. The van der Waals surface area contributed by atoms with Crippen LogP contribution in [0.3, 0.4) is 0 Å². The van der Waals surface area contributed by atoms with E-state index in [1.54, 1.807) is 5.38 Å². The van der Waals surface area contributed by atoms with E-state index < -0.39 is 0 Å². The van der Waals surface area contributed by atoms with Gasteiger partial charge < -0.3 is 0 Å². The van der Waals surface area contributed by atoms with Crippen LogP contribution >= 0.6 is 38.9 Å². The highest BCUT2D eigenvalue weighted by molar-refractivity contribution is 9.10. The smallest absolute Gasteiger partial charge is 0.193 e. The summed E-state index contributed by atoms with van der Waals surface area (Å²) >= 11 is 9.42. The van der Waals surface area contributed by atoms with E-state index in [0.29, 0.717) is 4.47 Å². The topological polar surface area (TPSA) is 0 Å². The first kappa shape index (κ1) is 6.52. The van der Waals surface area contributed by atoms with Gasteiger partial charge in [-0.2, -0.15) is 4.39 Å². The van der Waals surface area contributed by atoms with Crippen LogP contribution in [-0.2, 0) is 0 Å². The molecule has 0 amide bonds. The third-order valence-corrected chi connectivity index (χ3v) is 3.05. The maximum atomic E-state index is 12.2. The van der Waals surface area contributed by atoms with E-state index in [0.717, 1.165) is 11.3 Å². The highest BCUT2D eigenvalue weighted by atomic mass is 79.9. The number of rotatable bonds is 0. The lowest BCUT2D eigenvalue weighted by atomic mass is 10.7. The zero-order valence-electron chi connectivity index (χ0n) is 3.62. The molecule has 1 aromatic rings. The molecule has 0 aliphatic heterocycles. The normalized spacial score (nSPS) is 9.88. The third kappa shape index (κ3) is 1.04. The standard InChI is InChI=1S/C4HBrClFS/c5-2-1-8-4(7)3(2)6/h1H. The summed E-state index contributed by atoms with van der Waals surface area (Å²) in [5, 5.41) is 1.45. The van der Waals surface area contributed by atoms with Crippen LogP contribution in [0.15, 0.2) is 9.85 Å². The van der Waals surface area contributed by atoms with Crippen molar-refractivity contribution in [2.24, 2.45) is 0 Å². The number of halogens is 3. The van der Waals surface area contributed by atoms with Crippen molar-refractivity contribution in [1.82, 2.24) is 0 Å². The van der Waals surface area contributed by atoms with Gasteiger partial charge in [0.25, 0.3) is 0 Å². The lowest BCUT2D eigenvalue weighted by Crippen LogP contribution is -1.58. The van der Waals surface area contributed by atoms with Crippen LogP contribution in [0.2, 0.25) is 5.02 Å². The average Bonchev–Trinajstić information content (AvgIpc) is 1.98. The Kier molecular flexibility index (Phi) is 1.90. The molecule has 0 nitrogen and oxygen atoms in total. The van der Waals surface area contributed by atoms with Crippen LogP contribution < -0.4 is 0 Å². The molecule has 8 heavy (non-hydrogen) atoms. The molecule has 0 saturated carbocycles. The zero-order valence-corrected chi connectivity index (χ0v) is 6.78. The third-order valence-electron chi connectivity index (χ3n) is 0.648. The minimum atomic E-state index is -0.335. The molecule has 1 heterocycles. The van der Waals surface area contributed by atoms with E-state index in [9.17, 15) is 4.39 Å². The molecule has 0 aliphatic carbocycles. The molecule has 0 aromatic carbocycles. The Morgan fingerprint density at radius 2 is 2.38 bits per heavy atom. The second kappa shape index (κ2) is 2.33. The fourth-order valence-electron chi connectivity index (χ4n) is 0.301. The molecule has 0 unspecified atom stereocenters. The van der Waals surface area contributed by atoms with Crippen molar-refractivity contribution in [2.45, 2.75) is 0 Å². The van der Waals surface area contributed by atoms with Crippen molar-refractivity contribution in [3.63, 3.8) is 0 Å². The van der Waals surface area contributed by atoms with Crippen molar-refractivity contribution >= 4 is 38.9 Å². The molecule has 0 fully saturated rings. The number of thiophene rings is 1. The minimum Gasteiger partial charge on any atom is -0.193 e. The summed E-state index contributed by atoms with van der Waals surface area (Å²) in [5.74, 6) is 0. The zero-order chi connectivity index (χ0) is 6.15. The molecule has 1 aromatic heterocycles. The molecule has 0 radical (unpaired) electrons. The molecule has 0 aliphatic rings. The van der Waals surface area contributed by atoms with Crippen molar-refractivity contribution in [2.75, 3.05) is 0 Å². The first-order valence-electron chi connectivity index (χ1n) is 1.80. The Morgan fingerprint density at radius 3 is 2.50 bits per heavy atom. The highest BCUT2D eigenvalue weighted by Crippen LogP contribution is 2.29. The summed E-state index contributed by atoms with van der Waals surface area (Å²) < 4.78 is 12.8. The fourth-order valence-corrected chi connectivity index (χ4v) is 1.68. The maximum absolute atomic E-state index is 12.2. The van der Waals surface area contributed by atoms with Gasteiger partial charge in [-0.1, -0.05) is 11.6 Å². The molecular weight excluding hydrogens is 214 g/mol. The minimum absolute atomic E-state index is 0.176. The molecule has 0 N–H and O–H groups in total. The summed E-state index contributed by atoms with van der Waals surface area (Å²) in [6.07, 6.45) is 0. The van der Waals surface area contributed by atoms with Crippen LogP contribution in [-0.4, -0.2) is 0 Å². The molecule has 0 atom stereocenters. The van der Waals surface area contributed by atoms with Crippen LogP contribution in [0, 0.1) is 5.13 Å². The molecular formula is C4HBrClFS. The maximum Gasteiger partial charge on any atom is 0.196 e. The van der Waals surface area contributed by atoms with Gasteiger partial charge in [-0.3, -0.25) is 0 Å². The first-order valence-corrected chi connectivity index (χ1v) is 3.85. The lowest BCUT2D eigenvalue weighted by molar-refractivity contribution is 0.657. The van der Waals surface area contributed by atoms with E-state index in [-0.39, 0.29) is 10.2 Å². The van der Waals surface area contributed by atoms with Crippen LogP contribution in [0.1, 0.15) is 0 Å². The van der Waals surface area contributed by atoms with Gasteiger partial charge in [0.1, 0.15) is 5.02 Å². The number of hydrogen-bond acceptors (Lipinski definition) is 1. The first-order chi connectivity index (χ1) is 3.72. The van der Waals surface area contributed by atoms with Crippen molar-refractivity contribution < 1.29 is 4.39 Å². The van der Waals surface area contributed by atoms with Gasteiger partial charge in [-0.15, -0.1) is 11.3 Å². The summed E-state index contributed by atoms with van der Waals surface area (Å²) in [6.45, 7) is 0. The SMILES string of the molecule is Fc1scc(Br)c1Cl. The van der Waals surface area contributed by atoms with Gasteiger partial charge in [-0.25, -0.2) is 0 Å². The second-order valence-electron chi connectivity index (χ2n) is 1.17. The van der Waals surface area contributed by atoms with E-state index in [4.69, 9.17) is 11.6 Å². The van der Waals surface area contributed by atoms with Crippen molar-refractivity contribution in [1.29, 1.82) is 0 Å². The van der Waals surface area contributed by atoms with Gasteiger partial charge in [0, 0.05) is 9.85 Å². The summed E-state index contributed by atoms with van der Waals surface area (Å²) in [7, 11) is 0. The fraction of sp³-hybridized carbons (Fsp3) is 0. The van der Waals surface area contributed by atoms with E-state index in [2.05, 4.69) is 15.9 Å².